The Morgan fingerprint density at radius 2 is 1.41 bits per heavy atom. The lowest BCUT2D eigenvalue weighted by molar-refractivity contribution is 0.887. The molecule has 0 aromatic heterocycles. The molecule has 2 aromatic carbocycles. The molecular weight excluding hydrogens is 224 g/mol. The highest BCUT2D eigenvalue weighted by Crippen LogP contribution is 2.53. The van der Waals surface area contributed by atoms with Crippen molar-refractivity contribution in [3.63, 3.8) is 0 Å². The van der Waals surface area contributed by atoms with Gasteiger partial charge in [-0.25, -0.2) is 0 Å². The van der Waals surface area contributed by atoms with Crippen LogP contribution in [0.1, 0.15) is 18.4 Å². The molecule has 0 N–H and O–H groups in total. The molecule has 0 heterocycles. The normalized spacial score (nSPS) is 16.7. The standard InChI is InChI=1S/C16H16S/c1-3-7-14(8-4-1)13-16(11-12-16)17-15-9-5-2-6-10-15/h1-10H,11-13H2. The lowest BCUT2D eigenvalue weighted by Gasteiger charge is -2.14. The van der Waals surface area contributed by atoms with Crippen molar-refractivity contribution >= 4 is 11.8 Å². The fourth-order valence-electron chi connectivity index (χ4n) is 2.16. The van der Waals surface area contributed by atoms with E-state index in [0.717, 1.165) is 0 Å². The van der Waals surface area contributed by atoms with Crippen molar-refractivity contribution in [1.82, 2.24) is 0 Å². The van der Waals surface area contributed by atoms with E-state index in [4.69, 9.17) is 0 Å². The van der Waals surface area contributed by atoms with E-state index < -0.39 is 0 Å². The van der Waals surface area contributed by atoms with Crippen LogP contribution in [0.25, 0.3) is 0 Å². The predicted molar refractivity (Wildman–Crippen MR) is 74.4 cm³/mol. The lowest BCUT2D eigenvalue weighted by atomic mass is 10.1. The van der Waals surface area contributed by atoms with E-state index in [2.05, 4.69) is 72.4 Å². The minimum absolute atomic E-state index is 0.475. The van der Waals surface area contributed by atoms with Crippen LogP contribution in [0, 0.1) is 0 Å². The second-order valence-corrected chi connectivity index (χ2v) is 6.30. The van der Waals surface area contributed by atoms with Gasteiger partial charge in [-0.3, -0.25) is 0 Å². The molecular formula is C16H16S. The Bertz CT molecular complexity index is 428. The first-order valence-corrected chi connectivity index (χ1v) is 6.96. The minimum Gasteiger partial charge on any atom is -0.119 e. The largest absolute Gasteiger partial charge is 0.119 e. The summed E-state index contributed by atoms with van der Waals surface area (Å²) in [6.45, 7) is 0. The van der Waals surface area contributed by atoms with Crippen LogP contribution in [0.3, 0.4) is 0 Å². The van der Waals surface area contributed by atoms with Crippen molar-refractivity contribution in [2.75, 3.05) is 0 Å². The maximum absolute atomic E-state index is 2.24. The first kappa shape index (κ1) is 10.9. The summed E-state index contributed by atoms with van der Waals surface area (Å²) in [7, 11) is 0. The van der Waals surface area contributed by atoms with Gasteiger partial charge in [-0.05, 0) is 37.0 Å². The van der Waals surface area contributed by atoms with Crippen LogP contribution in [0.4, 0.5) is 0 Å². The fourth-order valence-corrected chi connectivity index (χ4v) is 3.50. The first-order valence-electron chi connectivity index (χ1n) is 6.14. The molecule has 0 spiro atoms. The quantitative estimate of drug-likeness (QED) is 0.755. The van der Waals surface area contributed by atoms with Crippen LogP contribution in [-0.2, 0) is 6.42 Å². The van der Waals surface area contributed by atoms with Crippen molar-refractivity contribution in [2.45, 2.75) is 28.9 Å². The molecule has 0 bridgehead atoms. The second-order valence-electron chi connectivity index (χ2n) is 4.76. The Balaban J connectivity index is 1.71. The molecule has 0 atom stereocenters. The van der Waals surface area contributed by atoms with Crippen LogP contribution in [-0.4, -0.2) is 4.75 Å². The number of rotatable bonds is 4. The predicted octanol–water partition coefficient (Wildman–Crippen LogP) is 4.55. The molecule has 1 aliphatic carbocycles. The highest BCUT2D eigenvalue weighted by Gasteiger charge is 2.43. The third-order valence-electron chi connectivity index (χ3n) is 3.25. The summed E-state index contributed by atoms with van der Waals surface area (Å²) in [5.41, 5.74) is 1.47. The van der Waals surface area contributed by atoms with Gasteiger partial charge in [-0.2, -0.15) is 0 Å². The van der Waals surface area contributed by atoms with E-state index in [1.54, 1.807) is 0 Å². The summed E-state index contributed by atoms with van der Waals surface area (Å²) in [6, 6.07) is 21.6. The number of hydrogen-bond donors (Lipinski definition) is 0. The second kappa shape index (κ2) is 4.58. The highest BCUT2D eigenvalue weighted by atomic mass is 32.2. The van der Waals surface area contributed by atoms with E-state index in [0.29, 0.717) is 4.75 Å². The smallest absolute Gasteiger partial charge is 0.0248 e. The van der Waals surface area contributed by atoms with Gasteiger partial charge in [0, 0.05) is 9.64 Å². The summed E-state index contributed by atoms with van der Waals surface area (Å²) >= 11 is 2.05. The van der Waals surface area contributed by atoms with Crippen LogP contribution in [0.5, 0.6) is 0 Å². The Morgan fingerprint density at radius 3 is 2.00 bits per heavy atom. The van der Waals surface area contributed by atoms with E-state index in [1.807, 2.05) is 0 Å². The maximum atomic E-state index is 2.24. The third kappa shape index (κ3) is 2.73. The van der Waals surface area contributed by atoms with Gasteiger partial charge in [0.1, 0.15) is 0 Å². The molecule has 0 aliphatic heterocycles. The number of hydrogen-bond acceptors (Lipinski definition) is 1. The SMILES string of the molecule is c1ccc(CC2(Sc3ccccc3)CC2)cc1. The lowest BCUT2D eigenvalue weighted by Crippen LogP contribution is -2.06. The van der Waals surface area contributed by atoms with Crippen molar-refractivity contribution in [3.05, 3.63) is 66.2 Å². The Morgan fingerprint density at radius 1 is 0.824 bits per heavy atom. The van der Waals surface area contributed by atoms with Crippen molar-refractivity contribution in [2.24, 2.45) is 0 Å². The van der Waals surface area contributed by atoms with Gasteiger partial charge in [0.25, 0.3) is 0 Å². The highest BCUT2D eigenvalue weighted by molar-refractivity contribution is 8.01. The molecule has 0 radical (unpaired) electrons. The molecule has 0 nitrogen and oxygen atoms in total. The zero-order chi connectivity index (χ0) is 11.6. The molecule has 1 aliphatic rings. The van der Waals surface area contributed by atoms with Crippen molar-refractivity contribution < 1.29 is 0 Å². The number of thioether (sulfide) groups is 1. The zero-order valence-corrected chi connectivity index (χ0v) is 10.6. The summed E-state index contributed by atoms with van der Waals surface area (Å²) in [5.74, 6) is 0. The molecule has 1 heteroatoms. The van der Waals surface area contributed by atoms with Crippen LogP contribution >= 0.6 is 11.8 Å². The van der Waals surface area contributed by atoms with Crippen LogP contribution < -0.4 is 0 Å². The number of benzene rings is 2. The summed E-state index contributed by atoms with van der Waals surface area (Å²) in [5, 5.41) is 0. The molecule has 0 amide bonds. The average Bonchev–Trinajstić information content (AvgIpc) is 3.11. The fraction of sp³-hybridized carbons (Fsp3) is 0.250. The molecule has 0 unspecified atom stereocenters. The van der Waals surface area contributed by atoms with Gasteiger partial charge >= 0.3 is 0 Å². The van der Waals surface area contributed by atoms with Gasteiger partial charge < -0.3 is 0 Å². The monoisotopic (exact) mass is 240 g/mol. The van der Waals surface area contributed by atoms with Crippen LogP contribution in [0.15, 0.2) is 65.6 Å². The van der Waals surface area contributed by atoms with E-state index in [-0.39, 0.29) is 0 Å². The van der Waals surface area contributed by atoms with Crippen molar-refractivity contribution in [3.8, 4) is 0 Å². The van der Waals surface area contributed by atoms with Gasteiger partial charge in [-0.15, -0.1) is 11.8 Å². The van der Waals surface area contributed by atoms with Crippen LogP contribution in [0.2, 0.25) is 0 Å². The van der Waals surface area contributed by atoms with Gasteiger partial charge in [-0.1, -0.05) is 48.5 Å². The van der Waals surface area contributed by atoms with E-state index >= 15 is 0 Å². The topological polar surface area (TPSA) is 0 Å². The molecule has 0 saturated heterocycles. The Hall–Kier alpha value is -1.21. The third-order valence-corrected chi connectivity index (χ3v) is 4.75. The zero-order valence-electron chi connectivity index (χ0n) is 9.80. The molecule has 3 rings (SSSR count). The molecule has 86 valence electrons. The maximum Gasteiger partial charge on any atom is 0.0248 e. The molecule has 1 fully saturated rings. The van der Waals surface area contributed by atoms with Gasteiger partial charge in [0.2, 0.25) is 0 Å². The van der Waals surface area contributed by atoms with Gasteiger partial charge in [0.15, 0.2) is 0 Å². The molecule has 1 saturated carbocycles. The summed E-state index contributed by atoms with van der Waals surface area (Å²) < 4.78 is 0.475. The average molecular weight is 240 g/mol. The van der Waals surface area contributed by atoms with E-state index in [9.17, 15) is 0 Å². The first-order chi connectivity index (χ1) is 8.36. The summed E-state index contributed by atoms with van der Waals surface area (Å²) in [4.78, 5) is 1.40. The van der Waals surface area contributed by atoms with Crippen molar-refractivity contribution in [1.29, 1.82) is 0 Å². The summed E-state index contributed by atoms with van der Waals surface area (Å²) in [6.07, 6.45) is 3.90. The van der Waals surface area contributed by atoms with Gasteiger partial charge in [0.05, 0.1) is 0 Å². The molecule has 2 aromatic rings. The van der Waals surface area contributed by atoms with E-state index in [1.165, 1.54) is 29.7 Å². The molecule has 17 heavy (non-hydrogen) atoms. The minimum atomic E-state index is 0.475. The Labute approximate surface area is 107 Å². The Kier molecular flexibility index (Phi) is 2.94.